The molecular formula is C26H44N2O4. The smallest absolute Gasteiger partial charge is 0.407 e. The Bertz CT molecular complexity index is 595. The van der Waals surface area contributed by atoms with Crippen LogP contribution in [0.2, 0.25) is 0 Å². The van der Waals surface area contributed by atoms with E-state index < -0.39 is 12.1 Å². The van der Waals surface area contributed by atoms with Gasteiger partial charge in [-0.15, -0.1) is 0 Å². The molecule has 1 rings (SSSR count). The van der Waals surface area contributed by atoms with Crippen molar-refractivity contribution in [2.24, 2.45) is 5.73 Å². The predicted octanol–water partition coefficient (Wildman–Crippen LogP) is 4.83. The Hall–Kier alpha value is -1.89. The molecule has 5 N–H and O–H groups in total. The molecule has 0 aromatic heterocycles. The number of alkyl carbamates (subject to hydrolysis) is 1. The van der Waals surface area contributed by atoms with E-state index in [1.54, 1.807) is 6.08 Å². The van der Waals surface area contributed by atoms with Gasteiger partial charge in [-0.25, -0.2) is 4.79 Å². The van der Waals surface area contributed by atoms with E-state index >= 15 is 0 Å². The zero-order valence-electron chi connectivity index (χ0n) is 19.6. The van der Waals surface area contributed by atoms with Gasteiger partial charge < -0.3 is 26.0 Å². The van der Waals surface area contributed by atoms with Crippen molar-refractivity contribution in [1.29, 1.82) is 0 Å². The van der Waals surface area contributed by atoms with E-state index in [1.165, 1.54) is 51.4 Å². The van der Waals surface area contributed by atoms with Gasteiger partial charge in [0.15, 0.2) is 0 Å². The van der Waals surface area contributed by atoms with Crippen molar-refractivity contribution >= 4 is 6.09 Å². The molecule has 6 heteroatoms. The van der Waals surface area contributed by atoms with E-state index in [0.717, 1.165) is 31.2 Å². The number of hydrogen-bond acceptors (Lipinski definition) is 5. The van der Waals surface area contributed by atoms with Crippen LogP contribution < -0.4 is 11.1 Å². The number of aliphatic hydroxyl groups is 2. The van der Waals surface area contributed by atoms with Crippen LogP contribution in [0.1, 0.15) is 82.6 Å². The van der Waals surface area contributed by atoms with E-state index in [4.69, 9.17) is 15.6 Å². The van der Waals surface area contributed by atoms with Crippen LogP contribution in [-0.2, 0) is 11.3 Å². The lowest BCUT2D eigenvalue weighted by Gasteiger charge is -2.11. The number of hydrogen-bond donors (Lipinski definition) is 4. The second-order valence-electron chi connectivity index (χ2n) is 8.43. The molecule has 0 aliphatic heterocycles. The monoisotopic (exact) mass is 448 g/mol. The van der Waals surface area contributed by atoms with Crippen LogP contribution in [0.4, 0.5) is 4.79 Å². The molecule has 1 aromatic rings. The number of benzene rings is 1. The second kappa shape index (κ2) is 19.8. The second-order valence-corrected chi connectivity index (χ2v) is 8.43. The summed E-state index contributed by atoms with van der Waals surface area (Å²) in [5.41, 5.74) is 6.54. The maximum absolute atomic E-state index is 11.7. The van der Waals surface area contributed by atoms with E-state index in [0.29, 0.717) is 13.2 Å². The number of amides is 1. The SMILES string of the molecule is N[C@@H](CO)[C@H](O)/C=C/CCCCCCCCCCCCCNC(=O)OCc1ccccc1. The molecule has 2 atom stereocenters. The normalized spacial score (nSPS) is 13.2. The van der Waals surface area contributed by atoms with Crippen LogP contribution in [0, 0.1) is 0 Å². The molecule has 0 heterocycles. The Labute approximate surface area is 194 Å². The summed E-state index contributed by atoms with van der Waals surface area (Å²) < 4.78 is 5.19. The first-order valence-corrected chi connectivity index (χ1v) is 12.3. The fourth-order valence-corrected chi connectivity index (χ4v) is 3.43. The van der Waals surface area contributed by atoms with Gasteiger partial charge in [-0.1, -0.05) is 100 Å². The summed E-state index contributed by atoms with van der Waals surface area (Å²) in [5.74, 6) is 0. The van der Waals surface area contributed by atoms with E-state index in [9.17, 15) is 9.90 Å². The fraction of sp³-hybridized carbons (Fsp3) is 0.654. The Morgan fingerprint density at radius 1 is 0.938 bits per heavy atom. The van der Waals surface area contributed by atoms with Crippen molar-refractivity contribution in [3.63, 3.8) is 0 Å². The lowest BCUT2D eigenvalue weighted by atomic mass is 10.0. The van der Waals surface area contributed by atoms with E-state index in [2.05, 4.69) is 5.32 Å². The Kier molecular flexibility index (Phi) is 17.4. The van der Waals surface area contributed by atoms with Crippen molar-refractivity contribution in [1.82, 2.24) is 5.32 Å². The quantitative estimate of drug-likeness (QED) is 0.179. The van der Waals surface area contributed by atoms with Crippen molar-refractivity contribution < 1.29 is 19.7 Å². The van der Waals surface area contributed by atoms with Gasteiger partial charge in [0.1, 0.15) is 6.61 Å². The number of ether oxygens (including phenoxy) is 1. The maximum atomic E-state index is 11.7. The minimum Gasteiger partial charge on any atom is -0.445 e. The third-order valence-electron chi connectivity index (χ3n) is 5.51. The number of allylic oxidation sites excluding steroid dienone is 1. The molecule has 182 valence electrons. The number of aliphatic hydroxyl groups excluding tert-OH is 2. The zero-order chi connectivity index (χ0) is 23.3. The number of carbonyl (C=O) groups is 1. The summed E-state index contributed by atoms with van der Waals surface area (Å²) in [6, 6.07) is 9.11. The average Bonchev–Trinajstić information content (AvgIpc) is 2.82. The van der Waals surface area contributed by atoms with Crippen molar-refractivity contribution in [3.05, 3.63) is 48.0 Å². The molecular weight excluding hydrogens is 404 g/mol. The summed E-state index contributed by atoms with van der Waals surface area (Å²) in [7, 11) is 0. The first kappa shape index (κ1) is 28.1. The summed E-state index contributed by atoms with van der Waals surface area (Å²) in [5, 5.41) is 21.3. The van der Waals surface area contributed by atoms with Crippen LogP contribution in [0.5, 0.6) is 0 Å². The molecule has 0 unspecified atom stereocenters. The minimum absolute atomic E-state index is 0.200. The number of unbranched alkanes of at least 4 members (excludes halogenated alkanes) is 11. The highest BCUT2D eigenvalue weighted by molar-refractivity contribution is 5.67. The minimum atomic E-state index is -0.752. The molecule has 1 aromatic carbocycles. The van der Waals surface area contributed by atoms with Crippen LogP contribution in [0.3, 0.4) is 0 Å². The van der Waals surface area contributed by atoms with Gasteiger partial charge in [0.25, 0.3) is 0 Å². The molecule has 0 aliphatic carbocycles. The summed E-state index contributed by atoms with van der Waals surface area (Å²) >= 11 is 0. The molecule has 6 nitrogen and oxygen atoms in total. The van der Waals surface area contributed by atoms with Crippen LogP contribution in [0.25, 0.3) is 0 Å². The highest BCUT2D eigenvalue weighted by atomic mass is 16.5. The Balaban J connectivity index is 1.79. The number of rotatable bonds is 19. The van der Waals surface area contributed by atoms with Crippen LogP contribution >= 0.6 is 0 Å². The van der Waals surface area contributed by atoms with Crippen molar-refractivity contribution in [2.75, 3.05) is 13.2 Å². The van der Waals surface area contributed by atoms with Gasteiger partial charge in [-0.3, -0.25) is 0 Å². The lowest BCUT2D eigenvalue weighted by Crippen LogP contribution is -2.36. The molecule has 0 aliphatic rings. The molecule has 0 spiro atoms. The zero-order valence-corrected chi connectivity index (χ0v) is 19.6. The van der Waals surface area contributed by atoms with E-state index in [1.807, 2.05) is 36.4 Å². The maximum Gasteiger partial charge on any atom is 0.407 e. The third-order valence-corrected chi connectivity index (χ3v) is 5.51. The molecule has 0 saturated heterocycles. The number of carbonyl (C=O) groups excluding carboxylic acids is 1. The third kappa shape index (κ3) is 15.8. The fourth-order valence-electron chi connectivity index (χ4n) is 3.43. The molecule has 0 fully saturated rings. The average molecular weight is 449 g/mol. The van der Waals surface area contributed by atoms with Crippen molar-refractivity contribution in [2.45, 2.75) is 95.8 Å². The van der Waals surface area contributed by atoms with Gasteiger partial charge in [0.05, 0.1) is 18.8 Å². The van der Waals surface area contributed by atoms with Gasteiger partial charge in [-0.2, -0.15) is 0 Å². The first-order chi connectivity index (χ1) is 15.6. The van der Waals surface area contributed by atoms with Gasteiger partial charge >= 0.3 is 6.09 Å². The van der Waals surface area contributed by atoms with Crippen LogP contribution in [0.15, 0.2) is 42.5 Å². The Morgan fingerprint density at radius 3 is 2.09 bits per heavy atom. The topological polar surface area (TPSA) is 105 Å². The highest BCUT2D eigenvalue weighted by Crippen LogP contribution is 2.12. The first-order valence-electron chi connectivity index (χ1n) is 12.3. The van der Waals surface area contributed by atoms with E-state index in [-0.39, 0.29) is 12.7 Å². The van der Waals surface area contributed by atoms with Gasteiger partial charge in [-0.05, 0) is 24.8 Å². The predicted molar refractivity (Wildman–Crippen MR) is 130 cm³/mol. The lowest BCUT2D eigenvalue weighted by molar-refractivity contribution is 0.139. The summed E-state index contributed by atoms with van der Waals surface area (Å²) in [6.07, 6.45) is 16.9. The van der Waals surface area contributed by atoms with Crippen LogP contribution in [-0.4, -0.2) is 41.6 Å². The summed E-state index contributed by atoms with van der Waals surface area (Å²) in [4.78, 5) is 11.7. The molecule has 0 saturated carbocycles. The molecule has 1 amide bonds. The van der Waals surface area contributed by atoms with Gasteiger partial charge in [0.2, 0.25) is 0 Å². The Morgan fingerprint density at radius 2 is 1.50 bits per heavy atom. The molecule has 0 radical (unpaired) electrons. The van der Waals surface area contributed by atoms with Crippen molar-refractivity contribution in [3.8, 4) is 0 Å². The number of nitrogens with one attached hydrogen (secondary N) is 1. The summed E-state index contributed by atoms with van der Waals surface area (Å²) in [6.45, 7) is 0.791. The molecule has 0 bridgehead atoms. The standard InChI is InChI=1S/C26H44N2O4/c27-24(21-29)25(30)19-15-10-8-6-4-2-1-3-5-7-9-11-16-20-28-26(31)32-22-23-17-13-12-14-18-23/h12-15,17-19,24-25,29-30H,1-11,16,20-22,27H2,(H,28,31)/b19-15+/t24-,25+/m0/s1. The highest BCUT2D eigenvalue weighted by Gasteiger charge is 2.08. The molecule has 32 heavy (non-hydrogen) atoms. The number of nitrogens with two attached hydrogens (primary N) is 1. The van der Waals surface area contributed by atoms with Gasteiger partial charge in [0, 0.05) is 6.54 Å². The largest absolute Gasteiger partial charge is 0.445 e.